The van der Waals surface area contributed by atoms with E-state index in [1.165, 1.54) is 12.1 Å². The maximum atomic E-state index is 15.0. The van der Waals surface area contributed by atoms with Gasteiger partial charge < -0.3 is 10.2 Å². The van der Waals surface area contributed by atoms with Crippen LogP contribution in [-0.2, 0) is 16.0 Å². The number of nitrogens with one attached hydrogen (secondary N) is 1. The summed E-state index contributed by atoms with van der Waals surface area (Å²) in [6.45, 7) is 7.23. The third kappa shape index (κ3) is 4.38. The van der Waals surface area contributed by atoms with Gasteiger partial charge in [0.15, 0.2) is 10.9 Å². The molecule has 1 aliphatic heterocycles. The first-order valence-electron chi connectivity index (χ1n) is 10.7. The molecule has 0 unspecified atom stereocenters. The molecule has 1 aliphatic rings. The summed E-state index contributed by atoms with van der Waals surface area (Å²) in [5.74, 6) is -1.29. The maximum Gasteiger partial charge on any atom is 0.259 e. The summed E-state index contributed by atoms with van der Waals surface area (Å²) in [5, 5.41) is 11.5. The van der Waals surface area contributed by atoms with Crippen LogP contribution in [0.3, 0.4) is 0 Å². The van der Waals surface area contributed by atoms with Gasteiger partial charge in [-0.15, -0.1) is 0 Å². The Balaban J connectivity index is 1.89. The lowest BCUT2D eigenvalue weighted by atomic mass is 9.85. The third-order valence-corrected chi connectivity index (χ3v) is 6.90. The maximum absolute atomic E-state index is 15.0. The van der Waals surface area contributed by atoms with Crippen molar-refractivity contribution in [2.45, 2.75) is 46.1 Å². The zero-order valence-corrected chi connectivity index (χ0v) is 21.3. The van der Waals surface area contributed by atoms with Crippen molar-refractivity contribution in [3.05, 3.63) is 58.4 Å². The lowest BCUT2D eigenvalue weighted by molar-refractivity contribution is -0.129. The van der Waals surface area contributed by atoms with Crippen molar-refractivity contribution in [2.24, 2.45) is 5.41 Å². The highest BCUT2D eigenvalue weighted by atomic mass is 35.5. The molecule has 2 aromatic carbocycles. The van der Waals surface area contributed by atoms with E-state index in [0.29, 0.717) is 18.5 Å². The van der Waals surface area contributed by atoms with Crippen LogP contribution in [0.2, 0.25) is 5.02 Å². The van der Waals surface area contributed by atoms with E-state index in [9.17, 15) is 14.0 Å². The smallest absolute Gasteiger partial charge is 0.259 e. The zero-order chi connectivity index (χ0) is 25.4. The standard InChI is InChI=1S/C25H26ClFN4O2S/c1-24(2,21(32)29-5)13-12-15-6-9-17(10-7-15)31-23(34)30(22(33)25(31,3)4)18-11-8-16(14-28)19(26)20(18)27/h6-11H,12-13H2,1-5H3,(H,29,32). The van der Waals surface area contributed by atoms with Crippen LogP contribution in [0.4, 0.5) is 15.8 Å². The molecule has 0 bridgehead atoms. The van der Waals surface area contributed by atoms with Gasteiger partial charge in [-0.3, -0.25) is 14.5 Å². The minimum Gasteiger partial charge on any atom is -0.359 e. The Morgan fingerprint density at radius 1 is 1.24 bits per heavy atom. The monoisotopic (exact) mass is 500 g/mol. The number of hydrogen-bond donors (Lipinski definition) is 1. The van der Waals surface area contributed by atoms with Crippen LogP contribution in [0, 0.1) is 22.6 Å². The van der Waals surface area contributed by atoms with Crippen molar-refractivity contribution in [2.75, 3.05) is 16.8 Å². The fourth-order valence-electron chi connectivity index (χ4n) is 3.96. The number of rotatable bonds is 6. The fraction of sp³-hybridized carbons (Fsp3) is 0.360. The van der Waals surface area contributed by atoms with Crippen LogP contribution in [0.15, 0.2) is 36.4 Å². The zero-order valence-electron chi connectivity index (χ0n) is 19.7. The summed E-state index contributed by atoms with van der Waals surface area (Å²) < 4.78 is 15.0. The molecule has 178 valence electrons. The van der Waals surface area contributed by atoms with Gasteiger partial charge in [-0.05, 0) is 68.7 Å². The third-order valence-electron chi connectivity index (χ3n) is 6.17. The molecule has 1 fully saturated rings. The molecule has 1 N–H and O–H groups in total. The van der Waals surface area contributed by atoms with E-state index in [-0.39, 0.29) is 27.3 Å². The number of anilines is 2. The molecular formula is C25H26ClFN4O2S. The Morgan fingerprint density at radius 2 is 1.85 bits per heavy atom. The van der Waals surface area contributed by atoms with Crippen molar-refractivity contribution >= 4 is 52.1 Å². The molecule has 3 rings (SSSR count). The second kappa shape index (κ2) is 9.32. The minimum atomic E-state index is -1.08. The van der Waals surface area contributed by atoms with Crippen LogP contribution in [0.25, 0.3) is 0 Å². The molecule has 9 heteroatoms. The summed E-state index contributed by atoms with van der Waals surface area (Å²) in [6.07, 6.45) is 1.37. The van der Waals surface area contributed by atoms with Crippen LogP contribution in [0.1, 0.15) is 45.2 Å². The van der Waals surface area contributed by atoms with Crippen LogP contribution in [0.5, 0.6) is 0 Å². The first-order chi connectivity index (χ1) is 15.9. The van der Waals surface area contributed by atoms with Gasteiger partial charge in [-0.25, -0.2) is 4.39 Å². The highest BCUT2D eigenvalue weighted by molar-refractivity contribution is 7.81. The van der Waals surface area contributed by atoms with Crippen LogP contribution < -0.4 is 15.1 Å². The first kappa shape index (κ1) is 25.6. The van der Waals surface area contributed by atoms with Crippen LogP contribution >= 0.6 is 23.8 Å². The van der Waals surface area contributed by atoms with Gasteiger partial charge in [-0.2, -0.15) is 5.26 Å². The number of nitrogens with zero attached hydrogens (tertiary/aromatic N) is 3. The molecule has 0 spiro atoms. The first-order valence-corrected chi connectivity index (χ1v) is 11.5. The topological polar surface area (TPSA) is 76.4 Å². The van der Waals surface area contributed by atoms with E-state index in [1.807, 2.05) is 44.2 Å². The molecule has 0 saturated carbocycles. The SMILES string of the molecule is CNC(=O)C(C)(C)CCc1ccc(N2C(=S)N(c3ccc(C#N)c(Cl)c3F)C(=O)C2(C)C)cc1. The lowest BCUT2D eigenvalue weighted by Gasteiger charge is -2.29. The number of carbonyl (C=O) groups excluding carboxylic acids is 2. The summed E-state index contributed by atoms with van der Waals surface area (Å²) >= 11 is 11.6. The van der Waals surface area contributed by atoms with E-state index in [1.54, 1.807) is 25.8 Å². The van der Waals surface area contributed by atoms with Gasteiger partial charge in [0.1, 0.15) is 11.6 Å². The lowest BCUT2D eigenvalue weighted by Crippen LogP contribution is -2.44. The molecule has 2 aromatic rings. The second-order valence-corrected chi connectivity index (χ2v) is 10.1. The van der Waals surface area contributed by atoms with Crippen molar-refractivity contribution in [1.82, 2.24) is 5.32 Å². The molecule has 1 heterocycles. The second-order valence-electron chi connectivity index (χ2n) is 9.32. The number of aryl methyl sites for hydroxylation is 1. The Labute approximate surface area is 209 Å². The number of carbonyl (C=O) groups is 2. The van der Waals surface area contributed by atoms with Crippen molar-refractivity contribution in [3.63, 3.8) is 0 Å². The van der Waals surface area contributed by atoms with Crippen LogP contribution in [-0.4, -0.2) is 29.5 Å². The summed E-state index contributed by atoms with van der Waals surface area (Å²) in [7, 11) is 1.63. The Kier molecular flexibility index (Phi) is 7.02. The number of amides is 2. The summed E-state index contributed by atoms with van der Waals surface area (Å²) in [6, 6.07) is 12.1. The van der Waals surface area contributed by atoms with E-state index in [4.69, 9.17) is 29.1 Å². The molecular weight excluding hydrogens is 475 g/mol. The predicted molar refractivity (Wildman–Crippen MR) is 135 cm³/mol. The molecule has 34 heavy (non-hydrogen) atoms. The highest BCUT2D eigenvalue weighted by Gasteiger charge is 2.51. The number of benzene rings is 2. The van der Waals surface area contributed by atoms with Crippen molar-refractivity contribution in [3.8, 4) is 6.07 Å². The van der Waals surface area contributed by atoms with Gasteiger partial charge >= 0.3 is 0 Å². The minimum absolute atomic E-state index is 0.0120. The number of halogens is 2. The number of hydrogen-bond acceptors (Lipinski definition) is 4. The normalized spacial score (nSPS) is 15.5. The van der Waals surface area contributed by atoms with E-state index < -0.39 is 22.7 Å². The van der Waals surface area contributed by atoms with Crippen molar-refractivity contribution in [1.29, 1.82) is 5.26 Å². The quantitative estimate of drug-likeness (QED) is 0.566. The average molecular weight is 501 g/mol. The van der Waals surface area contributed by atoms with Crippen molar-refractivity contribution < 1.29 is 14.0 Å². The Hall–Kier alpha value is -3.02. The Bertz CT molecular complexity index is 1200. The average Bonchev–Trinajstić information content (AvgIpc) is 2.98. The van der Waals surface area contributed by atoms with Gasteiger partial charge in [0.05, 0.1) is 16.3 Å². The van der Waals surface area contributed by atoms with E-state index in [2.05, 4.69) is 5.32 Å². The molecule has 6 nitrogen and oxygen atoms in total. The molecule has 0 aliphatic carbocycles. The molecule has 0 aromatic heterocycles. The number of thiocarbonyl (C=S) groups is 1. The van der Waals surface area contributed by atoms with Gasteiger partial charge in [0.25, 0.3) is 5.91 Å². The molecule has 0 radical (unpaired) electrons. The highest BCUT2D eigenvalue weighted by Crippen LogP contribution is 2.39. The fourth-order valence-corrected chi connectivity index (χ4v) is 4.68. The van der Waals surface area contributed by atoms with Gasteiger partial charge in [0.2, 0.25) is 5.91 Å². The van der Waals surface area contributed by atoms with E-state index >= 15 is 0 Å². The predicted octanol–water partition coefficient (Wildman–Crippen LogP) is 4.97. The number of nitriles is 1. The molecule has 0 atom stereocenters. The van der Waals surface area contributed by atoms with E-state index in [0.717, 1.165) is 10.5 Å². The largest absolute Gasteiger partial charge is 0.359 e. The Morgan fingerprint density at radius 3 is 2.41 bits per heavy atom. The van der Waals surface area contributed by atoms with Gasteiger partial charge in [0, 0.05) is 18.2 Å². The molecule has 2 amide bonds. The summed E-state index contributed by atoms with van der Waals surface area (Å²) in [4.78, 5) is 28.1. The van der Waals surface area contributed by atoms with Gasteiger partial charge in [-0.1, -0.05) is 37.6 Å². The molecule has 1 saturated heterocycles. The summed E-state index contributed by atoms with van der Waals surface area (Å²) in [5.41, 5.74) is 0.0317.